The molecule has 9 atom stereocenters. The summed E-state index contributed by atoms with van der Waals surface area (Å²) in [4.78, 5) is 11.9. The van der Waals surface area contributed by atoms with Crippen molar-refractivity contribution in [2.45, 2.75) is 118 Å². The first-order valence-corrected chi connectivity index (χ1v) is 13.3. The number of hydrogen-bond acceptors (Lipinski definition) is 2. The van der Waals surface area contributed by atoms with E-state index in [1.54, 1.807) is 0 Å². The van der Waals surface area contributed by atoms with E-state index >= 15 is 0 Å². The molecule has 0 heterocycles. The summed E-state index contributed by atoms with van der Waals surface area (Å²) >= 11 is 0. The summed E-state index contributed by atoms with van der Waals surface area (Å²) in [6.45, 7) is 12.4. The van der Waals surface area contributed by atoms with Crippen molar-refractivity contribution in [2.24, 2.45) is 52.3 Å². The molecule has 0 unspecified atom stereocenters. The van der Waals surface area contributed by atoms with Gasteiger partial charge in [-0.2, -0.15) is 0 Å². The maximum Gasteiger partial charge on any atom is 0.216 e. The highest BCUT2D eigenvalue weighted by Crippen LogP contribution is 2.68. The van der Waals surface area contributed by atoms with Crippen LogP contribution < -0.4 is 0 Å². The maximum atomic E-state index is 11.8. The zero-order chi connectivity index (χ0) is 21.7. The largest absolute Gasteiger partial charge is 0.264 e. The summed E-state index contributed by atoms with van der Waals surface area (Å²) in [7, 11) is 0. The van der Waals surface area contributed by atoms with Gasteiger partial charge in [-0.25, -0.2) is 0 Å². The summed E-state index contributed by atoms with van der Waals surface area (Å²) in [5.41, 5.74) is 0.750. The van der Waals surface area contributed by atoms with Crippen molar-refractivity contribution in [3.05, 3.63) is 10.1 Å². The second-order valence-corrected chi connectivity index (χ2v) is 12.8. The van der Waals surface area contributed by atoms with Crippen LogP contribution >= 0.6 is 0 Å². The first-order valence-electron chi connectivity index (χ1n) is 13.3. The molecule has 0 amide bonds. The fraction of sp³-hybridized carbons (Fsp3) is 1.00. The third kappa shape index (κ3) is 3.64. The van der Waals surface area contributed by atoms with Gasteiger partial charge in [0.25, 0.3) is 0 Å². The normalized spacial score (nSPS) is 46.7. The second-order valence-electron chi connectivity index (χ2n) is 12.8. The minimum atomic E-state index is -0.268. The van der Waals surface area contributed by atoms with Gasteiger partial charge in [-0.05, 0) is 97.7 Å². The van der Waals surface area contributed by atoms with E-state index in [1.807, 2.05) is 0 Å². The lowest BCUT2D eigenvalue weighted by Gasteiger charge is -2.60. The van der Waals surface area contributed by atoms with Crippen molar-refractivity contribution >= 4 is 0 Å². The van der Waals surface area contributed by atoms with Crippen molar-refractivity contribution in [1.29, 1.82) is 0 Å². The Morgan fingerprint density at radius 1 is 0.867 bits per heavy atom. The minimum Gasteiger partial charge on any atom is -0.264 e. The fourth-order valence-electron chi connectivity index (χ4n) is 9.66. The number of hydrogen-bond donors (Lipinski definition) is 0. The van der Waals surface area contributed by atoms with E-state index in [0.717, 1.165) is 54.8 Å². The first kappa shape index (κ1) is 22.6. The van der Waals surface area contributed by atoms with Crippen LogP contribution in [-0.4, -0.2) is 11.0 Å². The summed E-state index contributed by atoms with van der Waals surface area (Å²) in [6, 6.07) is -0.268. The Labute approximate surface area is 185 Å². The molecule has 0 aliphatic heterocycles. The van der Waals surface area contributed by atoms with Gasteiger partial charge in [0.1, 0.15) is 0 Å². The molecule has 4 rings (SSSR count). The Morgan fingerprint density at radius 3 is 2.27 bits per heavy atom. The van der Waals surface area contributed by atoms with Crippen molar-refractivity contribution < 1.29 is 4.92 Å². The summed E-state index contributed by atoms with van der Waals surface area (Å²) < 4.78 is 0. The number of nitrogens with zero attached hydrogens (tertiary/aromatic N) is 1. The lowest BCUT2D eigenvalue weighted by molar-refractivity contribution is -0.543. The van der Waals surface area contributed by atoms with E-state index in [0.29, 0.717) is 11.3 Å². The monoisotopic (exact) mass is 417 g/mol. The molecule has 0 saturated heterocycles. The van der Waals surface area contributed by atoms with Crippen LogP contribution in [0.2, 0.25) is 0 Å². The average Bonchev–Trinajstić information content (AvgIpc) is 3.03. The summed E-state index contributed by atoms with van der Waals surface area (Å²) in [6.07, 6.45) is 15.3. The van der Waals surface area contributed by atoms with Gasteiger partial charge < -0.3 is 0 Å². The third-order valence-corrected chi connectivity index (χ3v) is 11.1. The van der Waals surface area contributed by atoms with Crippen LogP contribution in [-0.2, 0) is 0 Å². The van der Waals surface area contributed by atoms with Crippen LogP contribution in [0.25, 0.3) is 0 Å². The van der Waals surface area contributed by atoms with E-state index in [4.69, 9.17) is 0 Å². The smallest absolute Gasteiger partial charge is 0.216 e. The van der Waals surface area contributed by atoms with Crippen LogP contribution in [0.5, 0.6) is 0 Å². The number of rotatable bonds is 6. The lowest BCUT2D eigenvalue weighted by Crippen LogP contribution is -2.56. The first-order chi connectivity index (χ1) is 14.2. The van der Waals surface area contributed by atoms with Gasteiger partial charge in [-0.15, -0.1) is 0 Å². The zero-order valence-corrected chi connectivity index (χ0v) is 20.4. The van der Waals surface area contributed by atoms with Crippen LogP contribution in [0.1, 0.15) is 112 Å². The molecule has 0 radical (unpaired) electrons. The Balaban J connectivity index is 1.49. The van der Waals surface area contributed by atoms with Gasteiger partial charge in [0.2, 0.25) is 6.04 Å². The van der Waals surface area contributed by atoms with Crippen molar-refractivity contribution in [3.8, 4) is 0 Å². The molecule has 0 N–H and O–H groups in total. The molecule has 4 fully saturated rings. The molecule has 0 aromatic carbocycles. The summed E-state index contributed by atoms with van der Waals surface area (Å²) in [5, 5.41) is 11.8. The Hall–Kier alpha value is -0.600. The molecular formula is C27H47NO2. The predicted octanol–water partition coefficient (Wildman–Crippen LogP) is 7.75. The fourth-order valence-corrected chi connectivity index (χ4v) is 9.66. The van der Waals surface area contributed by atoms with Gasteiger partial charge in [0.05, 0.1) is 0 Å². The molecule has 0 spiro atoms. The molecule has 4 aliphatic carbocycles. The van der Waals surface area contributed by atoms with Gasteiger partial charge in [0.15, 0.2) is 0 Å². The third-order valence-electron chi connectivity index (χ3n) is 11.1. The molecule has 172 valence electrons. The quantitative estimate of drug-likeness (QED) is 0.327. The molecule has 0 aromatic heterocycles. The molecule has 4 aliphatic rings. The highest BCUT2D eigenvalue weighted by atomic mass is 16.6. The maximum absolute atomic E-state index is 11.8. The SMILES string of the molecule is CC(C)CCC[C@@H](C)[C@H]1CC[C@H]2[C@@H]3CC[C@H]4[C@@H]([N+](=O)[O-])CCC[C@]4(C)[C@H]3CC[C@]12C. The molecule has 4 saturated carbocycles. The zero-order valence-electron chi connectivity index (χ0n) is 20.4. The van der Waals surface area contributed by atoms with Crippen molar-refractivity contribution in [3.63, 3.8) is 0 Å². The summed E-state index contributed by atoms with van der Waals surface area (Å²) in [5.74, 6) is 5.38. The van der Waals surface area contributed by atoms with E-state index < -0.39 is 0 Å². The molecular weight excluding hydrogens is 370 g/mol. The minimum absolute atomic E-state index is 0.0831. The Morgan fingerprint density at radius 2 is 1.57 bits per heavy atom. The Bertz CT molecular complexity index is 632. The van der Waals surface area contributed by atoms with E-state index in [2.05, 4.69) is 34.6 Å². The van der Waals surface area contributed by atoms with Crippen molar-refractivity contribution in [2.75, 3.05) is 0 Å². The van der Waals surface area contributed by atoms with E-state index in [1.165, 1.54) is 57.8 Å². The Kier molecular flexibility index (Phi) is 6.32. The lowest BCUT2D eigenvalue weighted by atomic mass is 9.44. The number of fused-ring (bicyclic) bond motifs is 5. The van der Waals surface area contributed by atoms with Gasteiger partial charge in [-0.1, -0.05) is 53.9 Å². The molecule has 0 aromatic rings. The second kappa shape index (κ2) is 8.39. The number of nitro groups is 1. The van der Waals surface area contributed by atoms with Crippen LogP contribution in [0.3, 0.4) is 0 Å². The van der Waals surface area contributed by atoms with E-state index in [9.17, 15) is 10.1 Å². The molecule has 0 bridgehead atoms. The average molecular weight is 418 g/mol. The highest BCUT2D eigenvalue weighted by molar-refractivity contribution is 5.10. The molecule has 3 heteroatoms. The van der Waals surface area contributed by atoms with Crippen LogP contribution in [0, 0.1) is 62.4 Å². The van der Waals surface area contributed by atoms with Crippen LogP contribution in [0.4, 0.5) is 0 Å². The van der Waals surface area contributed by atoms with Crippen LogP contribution in [0.15, 0.2) is 0 Å². The standard InChI is InChI=1S/C27H47NO2/c1-18(2)8-6-9-19(3)21-13-14-22-20-11-12-24-25(28(29)30)10-7-16-26(24,4)23(20)15-17-27(21,22)5/h18-25H,6-17H2,1-5H3/t19-,20+,21-,22+,23+,24+,25+,26-,27-/m1/s1. The van der Waals surface area contributed by atoms with Gasteiger partial charge in [0, 0.05) is 17.3 Å². The highest BCUT2D eigenvalue weighted by Gasteiger charge is 2.62. The van der Waals surface area contributed by atoms with Gasteiger partial charge >= 0.3 is 0 Å². The molecule has 30 heavy (non-hydrogen) atoms. The molecule has 3 nitrogen and oxygen atoms in total. The van der Waals surface area contributed by atoms with Gasteiger partial charge in [-0.3, -0.25) is 10.1 Å². The topological polar surface area (TPSA) is 43.1 Å². The van der Waals surface area contributed by atoms with Crippen molar-refractivity contribution in [1.82, 2.24) is 0 Å². The van der Waals surface area contributed by atoms with E-state index in [-0.39, 0.29) is 16.4 Å². The predicted molar refractivity (Wildman–Crippen MR) is 124 cm³/mol.